The molecule has 284 valence electrons. The lowest BCUT2D eigenvalue weighted by Gasteiger charge is -2.32. The van der Waals surface area contributed by atoms with Gasteiger partial charge in [0, 0.05) is 33.3 Å². The summed E-state index contributed by atoms with van der Waals surface area (Å²) in [6.45, 7) is 0. The Kier molecular flexibility index (Phi) is 7.26. The molecule has 0 aliphatic heterocycles. The molecular formula is C59H37NO. The minimum absolute atomic E-state index is 0.460. The molecule has 2 heteroatoms. The van der Waals surface area contributed by atoms with Crippen LogP contribution in [0.1, 0.15) is 22.3 Å². The van der Waals surface area contributed by atoms with Crippen molar-refractivity contribution in [1.29, 1.82) is 0 Å². The maximum absolute atomic E-state index is 6.69. The summed E-state index contributed by atoms with van der Waals surface area (Å²) in [6.07, 6.45) is 0. The molecule has 1 spiro atoms. The summed E-state index contributed by atoms with van der Waals surface area (Å²) >= 11 is 0. The van der Waals surface area contributed by atoms with Gasteiger partial charge in [-0.05, 0) is 103 Å². The number of nitrogens with zero attached hydrogens (tertiary/aromatic N) is 1. The third-order valence-corrected chi connectivity index (χ3v) is 13.3. The SMILES string of the molecule is c1ccc(N(c2ccc(-c3cccc4ccccc34)cc2)c2ccc3c(c2)C2(c4ccccc4-c4ccccc42)c2ccccc2-3)c(-c2cccc3c2oc2ccccc23)c1. The Balaban J connectivity index is 1.06. The van der Waals surface area contributed by atoms with Crippen molar-refractivity contribution in [3.8, 4) is 44.5 Å². The van der Waals surface area contributed by atoms with Crippen molar-refractivity contribution in [2.24, 2.45) is 0 Å². The van der Waals surface area contributed by atoms with Crippen molar-refractivity contribution >= 4 is 49.8 Å². The van der Waals surface area contributed by atoms with Crippen LogP contribution in [0.5, 0.6) is 0 Å². The smallest absolute Gasteiger partial charge is 0.143 e. The molecule has 0 radical (unpaired) electrons. The van der Waals surface area contributed by atoms with Gasteiger partial charge in [0.2, 0.25) is 0 Å². The molecule has 0 saturated heterocycles. The molecule has 2 aliphatic rings. The van der Waals surface area contributed by atoms with Gasteiger partial charge in [-0.15, -0.1) is 0 Å². The number of rotatable bonds is 5. The van der Waals surface area contributed by atoms with Crippen LogP contribution in [0, 0.1) is 0 Å². The van der Waals surface area contributed by atoms with Crippen LogP contribution >= 0.6 is 0 Å². The van der Waals surface area contributed by atoms with Crippen LogP contribution < -0.4 is 4.90 Å². The summed E-state index contributed by atoms with van der Waals surface area (Å²) in [5.41, 5.74) is 19.6. The van der Waals surface area contributed by atoms with Crippen LogP contribution in [0.25, 0.3) is 77.2 Å². The van der Waals surface area contributed by atoms with Gasteiger partial charge >= 0.3 is 0 Å². The van der Waals surface area contributed by atoms with E-state index in [4.69, 9.17) is 4.42 Å². The highest BCUT2D eigenvalue weighted by Gasteiger charge is 2.51. The Labute approximate surface area is 354 Å². The zero-order valence-corrected chi connectivity index (χ0v) is 33.2. The number of fused-ring (bicyclic) bond motifs is 14. The van der Waals surface area contributed by atoms with Gasteiger partial charge < -0.3 is 9.32 Å². The van der Waals surface area contributed by atoms with Crippen molar-refractivity contribution in [1.82, 2.24) is 0 Å². The molecule has 61 heavy (non-hydrogen) atoms. The van der Waals surface area contributed by atoms with Gasteiger partial charge in [-0.2, -0.15) is 0 Å². The Hall–Kier alpha value is -7.94. The Bertz CT molecular complexity index is 3490. The fourth-order valence-corrected chi connectivity index (χ4v) is 10.8. The predicted octanol–water partition coefficient (Wildman–Crippen LogP) is 15.9. The normalized spacial score (nSPS) is 13.0. The van der Waals surface area contributed by atoms with E-state index in [0.717, 1.165) is 50.1 Å². The first-order valence-electron chi connectivity index (χ1n) is 21.1. The lowest BCUT2D eigenvalue weighted by Crippen LogP contribution is -2.26. The van der Waals surface area contributed by atoms with Crippen LogP contribution in [0.2, 0.25) is 0 Å². The Morgan fingerprint density at radius 3 is 1.57 bits per heavy atom. The van der Waals surface area contributed by atoms with E-state index in [9.17, 15) is 0 Å². The number of hydrogen-bond donors (Lipinski definition) is 0. The third kappa shape index (κ3) is 4.79. The van der Waals surface area contributed by atoms with Crippen molar-refractivity contribution < 1.29 is 4.42 Å². The summed E-state index contributed by atoms with van der Waals surface area (Å²) < 4.78 is 6.69. The lowest BCUT2D eigenvalue weighted by atomic mass is 9.70. The first kappa shape index (κ1) is 34.0. The van der Waals surface area contributed by atoms with E-state index in [1.54, 1.807) is 0 Å². The highest BCUT2D eigenvalue weighted by molar-refractivity contribution is 6.11. The molecule has 1 heterocycles. The highest BCUT2D eigenvalue weighted by atomic mass is 16.3. The van der Waals surface area contributed by atoms with Crippen molar-refractivity contribution in [2.75, 3.05) is 4.90 Å². The first-order valence-corrected chi connectivity index (χ1v) is 21.1. The zero-order valence-electron chi connectivity index (χ0n) is 33.2. The minimum atomic E-state index is -0.460. The topological polar surface area (TPSA) is 16.4 Å². The quantitative estimate of drug-likeness (QED) is 0.173. The summed E-state index contributed by atoms with van der Waals surface area (Å²) in [6, 6.07) is 82.3. The number of anilines is 3. The van der Waals surface area contributed by atoms with Gasteiger partial charge in [0.15, 0.2) is 0 Å². The van der Waals surface area contributed by atoms with Gasteiger partial charge in [-0.1, -0.05) is 188 Å². The van der Waals surface area contributed by atoms with E-state index in [0.29, 0.717) is 0 Å². The average molecular weight is 776 g/mol. The summed E-state index contributed by atoms with van der Waals surface area (Å²) in [7, 11) is 0. The van der Waals surface area contributed by atoms with Crippen LogP contribution in [0.15, 0.2) is 229 Å². The first-order chi connectivity index (χ1) is 30.3. The van der Waals surface area contributed by atoms with Crippen LogP contribution in [0.3, 0.4) is 0 Å². The Morgan fingerprint density at radius 2 is 0.836 bits per heavy atom. The molecule has 1 aromatic heterocycles. The minimum Gasteiger partial charge on any atom is -0.455 e. The number of hydrogen-bond acceptors (Lipinski definition) is 2. The molecular weight excluding hydrogens is 739 g/mol. The molecule has 13 rings (SSSR count). The van der Waals surface area contributed by atoms with E-state index in [-0.39, 0.29) is 0 Å². The summed E-state index contributed by atoms with van der Waals surface area (Å²) in [5, 5.41) is 4.73. The Morgan fingerprint density at radius 1 is 0.328 bits per heavy atom. The van der Waals surface area contributed by atoms with Crippen molar-refractivity contribution in [3.63, 3.8) is 0 Å². The second-order valence-corrected chi connectivity index (χ2v) is 16.3. The molecule has 0 atom stereocenters. The van der Waals surface area contributed by atoms with Crippen molar-refractivity contribution in [3.05, 3.63) is 247 Å². The molecule has 0 N–H and O–H groups in total. The maximum Gasteiger partial charge on any atom is 0.143 e. The fourth-order valence-electron chi connectivity index (χ4n) is 10.8. The lowest BCUT2D eigenvalue weighted by molar-refractivity contribution is 0.670. The third-order valence-electron chi connectivity index (χ3n) is 13.3. The molecule has 11 aromatic rings. The van der Waals surface area contributed by atoms with Gasteiger partial charge in [-0.25, -0.2) is 0 Å². The van der Waals surface area contributed by atoms with Gasteiger partial charge in [0.05, 0.1) is 11.1 Å². The van der Waals surface area contributed by atoms with Gasteiger partial charge in [0.25, 0.3) is 0 Å². The number of benzene rings is 10. The van der Waals surface area contributed by atoms with Crippen LogP contribution in [0.4, 0.5) is 17.1 Å². The molecule has 0 bridgehead atoms. The maximum atomic E-state index is 6.69. The van der Waals surface area contributed by atoms with E-state index >= 15 is 0 Å². The van der Waals surface area contributed by atoms with Crippen molar-refractivity contribution in [2.45, 2.75) is 5.41 Å². The van der Waals surface area contributed by atoms with E-state index in [1.165, 1.54) is 66.4 Å². The van der Waals surface area contributed by atoms with E-state index < -0.39 is 5.41 Å². The molecule has 0 fully saturated rings. The fraction of sp³-hybridized carbons (Fsp3) is 0.0169. The van der Waals surface area contributed by atoms with Gasteiger partial charge in [0.1, 0.15) is 11.2 Å². The number of para-hydroxylation sites is 3. The molecule has 2 aliphatic carbocycles. The average Bonchev–Trinajstić information content (AvgIpc) is 3.96. The monoisotopic (exact) mass is 775 g/mol. The van der Waals surface area contributed by atoms with E-state index in [1.807, 2.05) is 6.07 Å². The van der Waals surface area contributed by atoms with Gasteiger partial charge in [-0.3, -0.25) is 0 Å². The predicted molar refractivity (Wildman–Crippen MR) is 253 cm³/mol. The largest absolute Gasteiger partial charge is 0.455 e. The number of furan rings is 1. The van der Waals surface area contributed by atoms with E-state index in [2.05, 4.69) is 223 Å². The zero-order chi connectivity index (χ0) is 40.1. The molecule has 0 saturated carbocycles. The van der Waals surface area contributed by atoms with Crippen LogP contribution in [-0.4, -0.2) is 0 Å². The highest BCUT2D eigenvalue weighted by Crippen LogP contribution is 2.63. The van der Waals surface area contributed by atoms with Crippen LogP contribution in [-0.2, 0) is 5.41 Å². The molecule has 2 nitrogen and oxygen atoms in total. The standard InChI is InChI=1S/C59H37NO/c1-2-17-42-38(15-1)16-13-23-43(42)39-31-33-40(34-32-39)60(56-29-11-6-21-48(56)50-24-14-25-51-49-22-7-12-30-57(49)61-58(50)51)41-35-36-47-46-20-5-10-28-54(46)59(55(47)37-41)52-26-8-3-18-44(52)45-19-4-9-27-53(45)59/h1-37H. The summed E-state index contributed by atoms with van der Waals surface area (Å²) in [4.78, 5) is 2.45. The second kappa shape index (κ2) is 13.0. The second-order valence-electron chi connectivity index (χ2n) is 16.3. The molecule has 0 unspecified atom stereocenters. The molecule has 10 aromatic carbocycles. The summed E-state index contributed by atoms with van der Waals surface area (Å²) in [5.74, 6) is 0. The molecule has 0 amide bonds.